The third-order valence-corrected chi connectivity index (χ3v) is 4.69. The topological polar surface area (TPSA) is 88.6 Å². The molecule has 1 aromatic carbocycles. The zero-order valence-corrected chi connectivity index (χ0v) is 14.1. The third-order valence-electron chi connectivity index (χ3n) is 4.69. The first kappa shape index (κ1) is 15.1. The number of nitrogens with one attached hydrogen (secondary N) is 2. The first-order valence-corrected chi connectivity index (χ1v) is 8.85. The molecule has 7 heteroatoms. The molecule has 3 aromatic heterocycles. The molecule has 0 bridgehead atoms. The Hall–Kier alpha value is -3.22. The minimum Gasteiger partial charge on any atom is -0.473 e. The Bertz CT molecular complexity index is 1070. The summed E-state index contributed by atoms with van der Waals surface area (Å²) in [5.41, 5.74) is 3.19. The lowest BCUT2D eigenvalue weighted by Crippen LogP contribution is -2.13. The smallest absolute Gasteiger partial charge is 0.247 e. The lowest BCUT2D eigenvalue weighted by Gasteiger charge is -2.13. The van der Waals surface area contributed by atoms with Crippen molar-refractivity contribution >= 4 is 33.7 Å². The van der Waals surface area contributed by atoms with Gasteiger partial charge in [0.1, 0.15) is 6.10 Å². The standard InChI is InChI=1S/C19H18N6O/c1-2-6-14(5-1)26-18-16-17(22-11-21-16)24-19(25-18)23-13-7-8-15-12(10-13)4-3-9-20-15/h3-4,7-11,14H,1-2,5-6H2,(H2,21,22,23,24,25). The van der Waals surface area contributed by atoms with Crippen molar-refractivity contribution in [3.05, 3.63) is 42.9 Å². The van der Waals surface area contributed by atoms with E-state index in [1.165, 1.54) is 12.8 Å². The number of aromatic nitrogens is 5. The maximum absolute atomic E-state index is 6.11. The molecular formula is C19H18N6O. The Morgan fingerprint density at radius 1 is 1.08 bits per heavy atom. The van der Waals surface area contributed by atoms with Crippen LogP contribution in [0.2, 0.25) is 0 Å². The summed E-state index contributed by atoms with van der Waals surface area (Å²) in [6.45, 7) is 0. The van der Waals surface area contributed by atoms with Crippen LogP contribution in [0.4, 0.5) is 11.6 Å². The Balaban J connectivity index is 1.49. The van der Waals surface area contributed by atoms with Crippen LogP contribution in [0.25, 0.3) is 22.1 Å². The number of pyridine rings is 1. The van der Waals surface area contributed by atoms with Gasteiger partial charge in [0.25, 0.3) is 0 Å². The molecule has 7 nitrogen and oxygen atoms in total. The lowest BCUT2D eigenvalue weighted by atomic mass is 10.2. The quantitative estimate of drug-likeness (QED) is 0.581. The molecular weight excluding hydrogens is 328 g/mol. The van der Waals surface area contributed by atoms with Gasteiger partial charge in [-0.2, -0.15) is 9.97 Å². The van der Waals surface area contributed by atoms with Crippen LogP contribution in [-0.4, -0.2) is 31.0 Å². The molecule has 0 saturated heterocycles. The van der Waals surface area contributed by atoms with E-state index >= 15 is 0 Å². The van der Waals surface area contributed by atoms with E-state index in [2.05, 4.69) is 30.2 Å². The van der Waals surface area contributed by atoms with E-state index in [-0.39, 0.29) is 6.10 Å². The normalized spacial score (nSPS) is 14.9. The van der Waals surface area contributed by atoms with Gasteiger partial charge in [0, 0.05) is 17.3 Å². The van der Waals surface area contributed by atoms with E-state index in [0.717, 1.165) is 29.4 Å². The van der Waals surface area contributed by atoms with Crippen molar-refractivity contribution in [2.45, 2.75) is 31.8 Å². The number of H-pyrrole nitrogens is 1. The summed E-state index contributed by atoms with van der Waals surface area (Å²) < 4.78 is 6.11. The molecule has 130 valence electrons. The van der Waals surface area contributed by atoms with Crippen molar-refractivity contribution in [1.29, 1.82) is 0 Å². The highest BCUT2D eigenvalue weighted by molar-refractivity contribution is 5.83. The van der Waals surface area contributed by atoms with Gasteiger partial charge in [0.2, 0.25) is 11.8 Å². The van der Waals surface area contributed by atoms with Gasteiger partial charge in [-0.15, -0.1) is 0 Å². The van der Waals surface area contributed by atoms with Crippen molar-refractivity contribution in [3.63, 3.8) is 0 Å². The number of ether oxygens (including phenoxy) is 1. The van der Waals surface area contributed by atoms with Gasteiger partial charge in [0.15, 0.2) is 11.2 Å². The van der Waals surface area contributed by atoms with Gasteiger partial charge in [-0.25, -0.2) is 4.98 Å². The van der Waals surface area contributed by atoms with Gasteiger partial charge >= 0.3 is 0 Å². The van der Waals surface area contributed by atoms with E-state index in [9.17, 15) is 0 Å². The van der Waals surface area contributed by atoms with Crippen molar-refractivity contribution in [3.8, 4) is 5.88 Å². The van der Waals surface area contributed by atoms with E-state index in [1.807, 2.05) is 30.3 Å². The molecule has 5 rings (SSSR count). The number of fused-ring (bicyclic) bond motifs is 2. The number of benzene rings is 1. The number of hydrogen-bond donors (Lipinski definition) is 2. The van der Waals surface area contributed by atoms with E-state index < -0.39 is 0 Å². The number of imidazole rings is 1. The Kier molecular flexibility index (Phi) is 3.62. The lowest BCUT2D eigenvalue weighted by molar-refractivity contribution is 0.204. The number of anilines is 2. The van der Waals surface area contributed by atoms with Crippen LogP contribution in [0.15, 0.2) is 42.9 Å². The molecule has 0 aliphatic heterocycles. The molecule has 0 spiro atoms. The zero-order chi connectivity index (χ0) is 17.3. The summed E-state index contributed by atoms with van der Waals surface area (Å²) in [7, 11) is 0. The monoisotopic (exact) mass is 346 g/mol. The predicted octanol–water partition coefficient (Wildman–Crippen LogP) is 3.97. The first-order valence-electron chi connectivity index (χ1n) is 8.85. The van der Waals surface area contributed by atoms with Gasteiger partial charge < -0.3 is 15.0 Å². The van der Waals surface area contributed by atoms with Crippen LogP contribution in [0.5, 0.6) is 5.88 Å². The average molecular weight is 346 g/mol. The van der Waals surface area contributed by atoms with Crippen molar-refractivity contribution < 1.29 is 4.74 Å². The Morgan fingerprint density at radius 2 is 2.00 bits per heavy atom. The van der Waals surface area contributed by atoms with Gasteiger partial charge in [0.05, 0.1) is 11.8 Å². The highest BCUT2D eigenvalue weighted by Crippen LogP contribution is 2.28. The molecule has 1 aliphatic rings. The fourth-order valence-electron chi connectivity index (χ4n) is 3.39. The Morgan fingerprint density at radius 3 is 2.92 bits per heavy atom. The molecule has 4 aromatic rings. The summed E-state index contributed by atoms with van der Waals surface area (Å²) >= 11 is 0. The fraction of sp³-hybridized carbons (Fsp3) is 0.263. The van der Waals surface area contributed by atoms with Crippen LogP contribution >= 0.6 is 0 Å². The van der Waals surface area contributed by atoms with Gasteiger partial charge in [-0.1, -0.05) is 6.07 Å². The van der Waals surface area contributed by atoms with Crippen LogP contribution in [-0.2, 0) is 0 Å². The number of rotatable bonds is 4. The molecule has 1 fully saturated rings. The molecule has 1 saturated carbocycles. The van der Waals surface area contributed by atoms with Crippen molar-refractivity contribution in [2.75, 3.05) is 5.32 Å². The van der Waals surface area contributed by atoms with Crippen LogP contribution in [0.3, 0.4) is 0 Å². The van der Waals surface area contributed by atoms with Crippen molar-refractivity contribution in [2.24, 2.45) is 0 Å². The fourth-order valence-corrected chi connectivity index (χ4v) is 3.39. The summed E-state index contributed by atoms with van der Waals surface area (Å²) in [4.78, 5) is 20.8. The number of hydrogen-bond acceptors (Lipinski definition) is 6. The minimum absolute atomic E-state index is 0.212. The largest absolute Gasteiger partial charge is 0.473 e. The molecule has 2 N–H and O–H groups in total. The molecule has 0 amide bonds. The van der Waals surface area contributed by atoms with Crippen molar-refractivity contribution in [1.82, 2.24) is 24.9 Å². The molecule has 0 unspecified atom stereocenters. The summed E-state index contributed by atoms with van der Waals surface area (Å²) in [6.07, 6.45) is 8.16. The van der Waals surface area contributed by atoms with Crippen LogP contribution in [0, 0.1) is 0 Å². The SMILES string of the molecule is c1cnc2ccc(Nc3nc(OC4CCCC4)c4nc[nH]c4n3)cc2c1. The second-order valence-corrected chi connectivity index (χ2v) is 6.51. The number of aromatic amines is 1. The van der Waals surface area contributed by atoms with E-state index in [0.29, 0.717) is 23.0 Å². The maximum Gasteiger partial charge on any atom is 0.247 e. The molecule has 0 atom stereocenters. The molecule has 26 heavy (non-hydrogen) atoms. The second-order valence-electron chi connectivity index (χ2n) is 6.51. The first-order chi connectivity index (χ1) is 12.8. The second kappa shape index (κ2) is 6.25. The highest BCUT2D eigenvalue weighted by Gasteiger charge is 2.20. The number of nitrogens with zero attached hydrogens (tertiary/aromatic N) is 4. The van der Waals surface area contributed by atoms with Gasteiger partial charge in [-0.3, -0.25) is 4.98 Å². The average Bonchev–Trinajstić information content (AvgIpc) is 3.33. The molecule has 1 aliphatic carbocycles. The summed E-state index contributed by atoms with van der Waals surface area (Å²) in [5.74, 6) is 1.02. The molecule has 3 heterocycles. The zero-order valence-electron chi connectivity index (χ0n) is 14.1. The van der Waals surface area contributed by atoms with E-state index in [1.54, 1.807) is 12.5 Å². The van der Waals surface area contributed by atoms with Crippen LogP contribution < -0.4 is 10.1 Å². The van der Waals surface area contributed by atoms with Gasteiger partial charge in [-0.05, 0) is 49.9 Å². The van der Waals surface area contributed by atoms with Crippen LogP contribution in [0.1, 0.15) is 25.7 Å². The minimum atomic E-state index is 0.212. The predicted molar refractivity (Wildman–Crippen MR) is 99.6 cm³/mol. The third kappa shape index (κ3) is 2.81. The highest BCUT2D eigenvalue weighted by atomic mass is 16.5. The summed E-state index contributed by atoms with van der Waals surface area (Å²) in [6, 6.07) is 9.92. The summed E-state index contributed by atoms with van der Waals surface area (Å²) in [5, 5.41) is 4.32. The maximum atomic E-state index is 6.11. The molecule has 0 radical (unpaired) electrons. The Labute approximate surface area is 149 Å². The van der Waals surface area contributed by atoms with E-state index in [4.69, 9.17) is 4.74 Å².